The van der Waals surface area contributed by atoms with Gasteiger partial charge in [-0.25, -0.2) is 0 Å². The van der Waals surface area contributed by atoms with Crippen LogP contribution in [-0.4, -0.2) is 9.13 Å². The van der Waals surface area contributed by atoms with E-state index in [1.54, 1.807) is 12.1 Å². The predicted molar refractivity (Wildman–Crippen MR) is 221 cm³/mol. The molecule has 0 spiro atoms. The number of hydrogen-bond acceptors (Lipinski definition) is 2. The Labute approximate surface area is 312 Å². The summed E-state index contributed by atoms with van der Waals surface area (Å²) in [7, 11) is 0. The summed E-state index contributed by atoms with van der Waals surface area (Å²) < 4.78 is 4.66. The summed E-state index contributed by atoms with van der Waals surface area (Å²) in [6.45, 7) is 0. The van der Waals surface area contributed by atoms with E-state index >= 15 is 0 Å². The van der Waals surface area contributed by atoms with E-state index in [1.807, 2.05) is 24.3 Å². The second kappa shape index (κ2) is 12.5. The summed E-state index contributed by atoms with van der Waals surface area (Å²) in [4.78, 5) is 0. The first-order valence-electron chi connectivity index (χ1n) is 18.0. The fourth-order valence-electron chi connectivity index (χ4n) is 8.12. The van der Waals surface area contributed by atoms with Gasteiger partial charge in [-0.05, 0) is 89.0 Å². The molecule has 10 aromatic rings. The zero-order chi connectivity index (χ0) is 36.2. The molecule has 0 bridgehead atoms. The zero-order valence-corrected chi connectivity index (χ0v) is 29.1. The van der Waals surface area contributed by atoms with Crippen LogP contribution in [-0.2, 0) is 0 Å². The fraction of sp³-hybridized carbons (Fsp3) is 0. The van der Waals surface area contributed by atoms with Gasteiger partial charge in [0.15, 0.2) is 0 Å². The molecular formula is C50H30N4. The summed E-state index contributed by atoms with van der Waals surface area (Å²) in [5.41, 5.74) is 13.5. The van der Waals surface area contributed by atoms with Crippen molar-refractivity contribution in [3.8, 4) is 56.9 Å². The zero-order valence-electron chi connectivity index (χ0n) is 29.1. The molecule has 0 fully saturated rings. The number of nitrogens with zero attached hydrogens (tertiary/aromatic N) is 4. The molecule has 4 nitrogen and oxygen atoms in total. The van der Waals surface area contributed by atoms with Crippen LogP contribution >= 0.6 is 0 Å². The van der Waals surface area contributed by atoms with E-state index in [1.165, 1.54) is 11.1 Å². The minimum atomic E-state index is 0.456. The van der Waals surface area contributed by atoms with Gasteiger partial charge >= 0.3 is 0 Å². The normalized spacial score (nSPS) is 11.3. The van der Waals surface area contributed by atoms with E-state index in [4.69, 9.17) is 0 Å². The van der Waals surface area contributed by atoms with Crippen molar-refractivity contribution in [2.75, 3.05) is 0 Å². The molecule has 8 aromatic carbocycles. The van der Waals surface area contributed by atoms with Gasteiger partial charge in [0.05, 0.1) is 45.3 Å². The van der Waals surface area contributed by atoms with E-state index in [-0.39, 0.29) is 0 Å². The number of para-hydroxylation sites is 2. The van der Waals surface area contributed by atoms with Crippen molar-refractivity contribution in [2.24, 2.45) is 0 Å². The van der Waals surface area contributed by atoms with Crippen molar-refractivity contribution in [3.63, 3.8) is 0 Å². The summed E-state index contributed by atoms with van der Waals surface area (Å²) >= 11 is 0. The van der Waals surface area contributed by atoms with Crippen LogP contribution < -0.4 is 0 Å². The Morgan fingerprint density at radius 3 is 1.54 bits per heavy atom. The quantitative estimate of drug-likeness (QED) is 0.181. The molecule has 0 aliphatic heterocycles. The highest BCUT2D eigenvalue weighted by molar-refractivity contribution is 6.16. The Balaban J connectivity index is 1.34. The smallest absolute Gasteiger partial charge is 0.0998 e. The Kier molecular flexibility index (Phi) is 7.22. The van der Waals surface area contributed by atoms with Gasteiger partial charge < -0.3 is 9.13 Å². The van der Waals surface area contributed by atoms with Crippen LogP contribution in [0.2, 0.25) is 0 Å². The number of nitriles is 2. The summed E-state index contributed by atoms with van der Waals surface area (Å²) in [6.07, 6.45) is 0. The highest BCUT2D eigenvalue weighted by Crippen LogP contribution is 2.43. The molecule has 2 aromatic heterocycles. The minimum Gasteiger partial charge on any atom is -0.309 e. The molecule has 0 N–H and O–H groups in total. The monoisotopic (exact) mass is 686 g/mol. The van der Waals surface area contributed by atoms with Crippen molar-refractivity contribution in [1.29, 1.82) is 10.5 Å². The molecule has 0 radical (unpaired) electrons. The molecule has 0 atom stereocenters. The third-order valence-electron chi connectivity index (χ3n) is 10.6. The van der Waals surface area contributed by atoms with Gasteiger partial charge in [0, 0.05) is 44.0 Å². The van der Waals surface area contributed by atoms with E-state index in [2.05, 4.69) is 167 Å². The van der Waals surface area contributed by atoms with Crippen LogP contribution in [0.25, 0.3) is 88.4 Å². The maximum Gasteiger partial charge on any atom is 0.0998 e. The van der Waals surface area contributed by atoms with Crippen molar-refractivity contribution in [1.82, 2.24) is 9.13 Å². The number of rotatable bonds is 5. The van der Waals surface area contributed by atoms with Crippen LogP contribution in [0, 0.1) is 22.7 Å². The molecule has 0 amide bonds. The van der Waals surface area contributed by atoms with E-state index in [0.717, 1.165) is 77.2 Å². The lowest BCUT2D eigenvalue weighted by atomic mass is 9.95. The van der Waals surface area contributed by atoms with Gasteiger partial charge in [-0.3, -0.25) is 0 Å². The van der Waals surface area contributed by atoms with Crippen LogP contribution in [0.4, 0.5) is 0 Å². The largest absolute Gasteiger partial charge is 0.309 e. The lowest BCUT2D eigenvalue weighted by Crippen LogP contribution is -1.99. The van der Waals surface area contributed by atoms with Gasteiger partial charge in [0.2, 0.25) is 0 Å². The third-order valence-corrected chi connectivity index (χ3v) is 10.6. The molecule has 0 aliphatic rings. The molecule has 2 heterocycles. The lowest BCUT2D eigenvalue weighted by Gasteiger charge is -2.16. The summed E-state index contributed by atoms with van der Waals surface area (Å²) in [5.74, 6) is 0. The Morgan fingerprint density at radius 2 is 0.926 bits per heavy atom. The minimum absolute atomic E-state index is 0.456. The average Bonchev–Trinajstić information content (AvgIpc) is 3.76. The van der Waals surface area contributed by atoms with Gasteiger partial charge in [-0.15, -0.1) is 0 Å². The first-order valence-corrected chi connectivity index (χ1v) is 18.0. The molecule has 0 unspecified atom stereocenters. The SMILES string of the molecule is N#Cc1ccc(-c2cc(-n3c4ccc(-c5ccccc5)cc4c4cc(-c5ccccc5)ccc43)cc3c4ccccc4n(-c4ccccc4)c23)c(C#N)c1. The standard InChI is InChI=1S/C50H30N4/c51-31-33-20-23-41(38(26-33)32-52)45-29-40(30-46-42-18-10-11-19-47(42)54(50(45)46)39-16-8-3-9-17-39)53-48-24-21-36(34-12-4-1-5-13-34)27-43(48)44-28-37(22-25-49(44)53)35-14-6-2-7-15-35/h1-30H. The molecule has 0 aliphatic carbocycles. The highest BCUT2D eigenvalue weighted by atomic mass is 15.0. The maximum atomic E-state index is 10.5. The molecule has 0 saturated heterocycles. The molecular weight excluding hydrogens is 657 g/mol. The summed E-state index contributed by atoms with van der Waals surface area (Å²) in [6, 6.07) is 68.0. The lowest BCUT2D eigenvalue weighted by molar-refractivity contribution is 1.17. The van der Waals surface area contributed by atoms with E-state index in [9.17, 15) is 10.5 Å². The van der Waals surface area contributed by atoms with E-state index < -0.39 is 0 Å². The van der Waals surface area contributed by atoms with Crippen molar-refractivity contribution < 1.29 is 0 Å². The third kappa shape index (κ3) is 4.90. The van der Waals surface area contributed by atoms with Crippen molar-refractivity contribution in [2.45, 2.75) is 0 Å². The van der Waals surface area contributed by atoms with Gasteiger partial charge in [-0.2, -0.15) is 10.5 Å². The molecule has 0 saturated carbocycles. The van der Waals surface area contributed by atoms with Crippen LogP contribution in [0.15, 0.2) is 182 Å². The predicted octanol–water partition coefficient (Wildman–Crippen LogP) is 12.6. The molecule has 54 heavy (non-hydrogen) atoms. The number of benzene rings is 8. The Bertz CT molecular complexity index is 3060. The Morgan fingerprint density at radius 1 is 0.352 bits per heavy atom. The molecule has 4 heteroatoms. The topological polar surface area (TPSA) is 57.4 Å². The van der Waals surface area contributed by atoms with Gasteiger partial charge in [-0.1, -0.05) is 115 Å². The number of aromatic nitrogens is 2. The second-order valence-corrected chi connectivity index (χ2v) is 13.6. The fourth-order valence-corrected chi connectivity index (χ4v) is 8.12. The molecule has 250 valence electrons. The average molecular weight is 687 g/mol. The van der Waals surface area contributed by atoms with Crippen LogP contribution in [0.1, 0.15) is 11.1 Å². The van der Waals surface area contributed by atoms with Crippen LogP contribution in [0.3, 0.4) is 0 Å². The Hall–Kier alpha value is -7.66. The van der Waals surface area contributed by atoms with Gasteiger partial charge in [0.25, 0.3) is 0 Å². The second-order valence-electron chi connectivity index (χ2n) is 13.6. The summed E-state index contributed by atoms with van der Waals surface area (Å²) in [5, 5.41) is 24.8. The first kappa shape index (κ1) is 31.1. The highest BCUT2D eigenvalue weighted by Gasteiger charge is 2.22. The van der Waals surface area contributed by atoms with E-state index in [0.29, 0.717) is 11.1 Å². The molecule has 10 rings (SSSR count). The van der Waals surface area contributed by atoms with Crippen LogP contribution in [0.5, 0.6) is 0 Å². The number of hydrogen-bond donors (Lipinski definition) is 0. The first-order chi connectivity index (χ1) is 26.7. The maximum absolute atomic E-state index is 10.5. The van der Waals surface area contributed by atoms with Gasteiger partial charge in [0.1, 0.15) is 0 Å². The van der Waals surface area contributed by atoms with Crippen molar-refractivity contribution >= 4 is 43.6 Å². The number of fused-ring (bicyclic) bond motifs is 6. The van der Waals surface area contributed by atoms with Crippen molar-refractivity contribution in [3.05, 3.63) is 193 Å².